The van der Waals surface area contributed by atoms with Gasteiger partial charge in [-0.25, -0.2) is 0 Å². The van der Waals surface area contributed by atoms with Gasteiger partial charge >= 0.3 is 0 Å². The lowest BCUT2D eigenvalue weighted by Crippen LogP contribution is -2.11. The second-order valence-electron chi connectivity index (χ2n) is 23.9. The number of nitrogens with zero attached hydrogens (tertiary/aromatic N) is 4. The number of para-hydroxylation sites is 2. The van der Waals surface area contributed by atoms with Gasteiger partial charge in [-0.3, -0.25) is 0 Å². The molecule has 0 unspecified atom stereocenters. The van der Waals surface area contributed by atoms with Crippen LogP contribution >= 0.6 is 0 Å². The number of hydrogen-bond donors (Lipinski definition) is 0. The number of ether oxygens (including phenoxy) is 9. The Labute approximate surface area is 610 Å². The fourth-order valence-corrected chi connectivity index (χ4v) is 11.9. The molecule has 13 nitrogen and oxygen atoms in total. The molecule has 0 saturated carbocycles. The molecule has 13 heteroatoms. The summed E-state index contributed by atoms with van der Waals surface area (Å²) in [4.78, 5) is 8.82. The van der Waals surface area contributed by atoms with Crippen LogP contribution in [0.3, 0.4) is 0 Å². The molecule has 0 aromatic heterocycles. The monoisotopic (exact) mass is 1380 g/mol. The molecule has 0 heterocycles. The number of anilines is 12. The lowest BCUT2D eigenvalue weighted by molar-refractivity contribution is 0.179. The van der Waals surface area contributed by atoms with Crippen molar-refractivity contribution >= 4 is 68.2 Å². The molecule has 0 saturated heterocycles. The van der Waals surface area contributed by atoms with Gasteiger partial charge in [-0.1, -0.05) is 123 Å². The van der Waals surface area contributed by atoms with Crippen LogP contribution in [0.4, 0.5) is 68.2 Å². The topological polar surface area (TPSA) is 96.0 Å². The Morgan fingerprint density at radius 3 is 0.837 bits per heavy atom. The molecule has 0 fully saturated rings. The van der Waals surface area contributed by atoms with Crippen molar-refractivity contribution in [2.75, 3.05) is 65.8 Å². The predicted octanol–water partition coefficient (Wildman–Crippen LogP) is 24.6. The minimum absolute atomic E-state index is 0.361. The average molecular weight is 1380 g/mol. The molecule has 12 aromatic rings. The van der Waals surface area contributed by atoms with Crippen molar-refractivity contribution in [2.45, 2.75) is 25.7 Å². The first-order chi connectivity index (χ1) is 51.4. The van der Waals surface area contributed by atoms with Gasteiger partial charge in [0.1, 0.15) is 72.4 Å². The minimum Gasteiger partial charge on any atom is -0.502 e. The van der Waals surface area contributed by atoms with Crippen LogP contribution < -0.4 is 48.0 Å². The third-order valence-electron chi connectivity index (χ3n) is 16.8. The van der Waals surface area contributed by atoms with Crippen LogP contribution in [0.5, 0.6) is 46.0 Å². The van der Waals surface area contributed by atoms with Crippen molar-refractivity contribution in [1.29, 1.82) is 0 Å². The minimum atomic E-state index is 0.361. The first-order valence-corrected chi connectivity index (χ1v) is 34.9. The SMILES string of the molecule is C=CCCCOc1cccc(N(c2ccccc2)c2cccc(Oc3ccc(N(c4ccccc4)c4ccc(-c5ccc(N(c6cccc(OCCCCOC=C)c6)c6cccc(Oc7ccc(N(c8cccc(OCCOC=C)c8)c8cccc(OCCOC=C)c8)cc7)c6)cc5)cc4)cc3)c2)c1. The van der Waals surface area contributed by atoms with Crippen LogP contribution in [0.15, 0.2) is 354 Å². The summed E-state index contributed by atoms with van der Waals surface area (Å²) in [5.41, 5.74) is 13.4. The van der Waals surface area contributed by atoms with Gasteiger partial charge in [0.05, 0.1) is 38.6 Å². The van der Waals surface area contributed by atoms with Crippen LogP contribution in [0.2, 0.25) is 0 Å². The smallest absolute Gasteiger partial charge is 0.129 e. The Balaban J connectivity index is 0.782. The van der Waals surface area contributed by atoms with Crippen LogP contribution in [0.25, 0.3) is 11.1 Å². The molecule has 0 atom stereocenters. The van der Waals surface area contributed by atoms with Crippen LogP contribution in [-0.2, 0) is 14.2 Å². The van der Waals surface area contributed by atoms with E-state index in [0.717, 1.165) is 117 Å². The van der Waals surface area contributed by atoms with Gasteiger partial charge in [0.25, 0.3) is 0 Å². The first kappa shape index (κ1) is 70.8. The maximum absolute atomic E-state index is 6.73. The van der Waals surface area contributed by atoms with E-state index in [1.807, 2.05) is 164 Å². The van der Waals surface area contributed by atoms with Crippen molar-refractivity contribution in [3.05, 3.63) is 354 Å². The number of hydrogen-bond acceptors (Lipinski definition) is 13. The van der Waals surface area contributed by atoms with Gasteiger partial charge < -0.3 is 62.2 Å². The van der Waals surface area contributed by atoms with Crippen molar-refractivity contribution in [2.24, 2.45) is 0 Å². The van der Waals surface area contributed by atoms with Crippen molar-refractivity contribution in [3.63, 3.8) is 0 Å². The molecule has 0 spiro atoms. The summed E-state index contributed by atoms with van der Waals surface area (Å²) in [6, 6.07) is 103. The Hall–Kier alpha value is -13.0. The molecule has 12 aromatic carbocycles. The number of rotatable bonds is 39. The van der Waals surface area contributed by atoms with Crippen molar-refractivity contribution in [1.82, 2.24) is 0 Å². The van der Waals surface area contributed by atoms with E-state index in [4.69, 9.17) is 42.6 Å². The normalized spacial score (nSPS) is 10.7. The van der Waals surface area contributed by atoms with E-state index in [-0.39, 0.29) is 0 Å². The van der Waals surface area contributed by atoms with Gasteiger partial charge in [0.2, 0.25) is 0 Å². The summed E-state index contributed by atoms with van der Waals surface area (Å²) in [5, 5.41) is 0. The number of benzene rings is 12. The van der Waals surface area contributed by atoms with Gasteiger partial charge in [0.15, 0.2) is 0 Å². The molecule has 0 radical (unpaired) electrons. The highest BCUT2D eigenvalue weighted by Gasteiger charge is 2.21. The van der Waals surface area contributed by atoms with E-state index < -0.39 is 0 Å². The second-order valence-corrected chi connectivity index (χ2v) is 23.9. The Morgan fingerprint density at radius 2 is 0.490 bits per heavy atom. The second kappa shape index (κ2) is 36.9. The van der Waals surface area contributed by atoms with E-state index >= 15 is 0 Å². The molecule has 0 amide bonds. The zero-order chi connectivity index (χ0) is 71.3. The molecule has 0 aliphatic carbocycles. The van der Waals surface area contributed by atoms with Gasteiger partial charge in [-0.15, -0.1) is 6.58 Å². The highest BCUT2D eigenvalue weighted by Crippen LogP contribution is 2.44. The molecule has 522 valence electrons. The van der Waals surface area contributed by atoms with Gasteiger partial charge in [-0.05, 0) is 207 Å². The highest BCUT2D eigenvalue weighted by molar-refractivity contribution is 5.83. The summed E-state index contributed by atoms with van der Waals surface area (Å²) in [6.07, 6.45) is 9.71. The summed E-state index contributed by atoms with van der Waals surface area (Å²) in [5.74, 6) is 5.68. The molecule has 0 aliphatic rings. The molecule has 0 bridgehead atoms. The lowest BCUT2D eigenvalue weighted by atomic mass is 10.0. The molecule has 0 aliphatic heterocycles. The van der Waals surface area contributed by atoms with Crippen LogP contribution in [-0.4, -0.2) is 46.2 Å². The molecular weight excluding hydrogens is 1290 g/mol. The van der Waals surface area contributed by atoms with Crippen LogP contribution in [0, 0.1) is 0 Å². The standard InChI is InChI=1S/C91H84N4O9/c1-5-9-16-58-99-86-35-19-29-78(64-86)93(73-27-14-11-15-28-73)82-33-23-39-90(68-82)103-84-53-49-76(50-54-84)92(72-25-12-10-13-26-72)74-45-41-70(42-46-74)71-43-47-75(48-44-71)94(79-30-20-36-87(65-79)100-59-18-17-57-96-6-2)83-34-24-40-91(69-83)104-85-55-51-77(52-56-85)95(80-31-21-37-88(66-80)101-62-60-97-7-3)81-32-22-38-89(67-81)102-63-61-98-8-4/h5-8,10-15,19-56,64-69H,1-4,9,16-18,57-63H2. The van der Waals surface area contributed by atoms with E-state index in [1.54, 1.807) is 0 Å². The highest BCUT2D eigenvalue weighted by atomic mass is 16.5. The fourth-order valence-electron chi connectivity index (χ4n) is 11.9. The third-order valence-corrected chi connectivity index (χ3v) is 16.8. The van der Waals surface area contributed by atoms with Gasteiger partial charge in [-0.2, -0.15) is 0 Å². The Bertz CT molecular complexity index is 4630. The van der Waals surface area contributed by atoms with Crippen molar-refractivity contribution < 1.29 is 42.6 Å². The first-order valence-electron chi connectivity index (χ1n) is 34.9. The molecule has 12 rings (SSSR count). The summed E-state index contributed by atoms with van der Waals surface area (Å²) in [7, 11) is 0. The zero-order valence-corrected chi connectivity index (χ0v) is 58.2. The van der Waals surface area contributed by atoms with E-state index in [9.17, 15) is 0 Å². The summed E-state index contributed by atoms with van der Waals surface area (Å²) >= 11 is 0. The largest absolute Gasteiger partial charge is 0.502 e. The summed E-state index contributed by atoms with van der Waals surface area (Å²) < 4.78 is 54.0. The third kappa shape index (κ3) is 19.3. The zero-order valence-electron chi connectivity index (χ0n) is 58.2. The fraction of sp³-hybridized carbons (Fsp3) is 0.121. The quantitative estimate of drug-likeness (QED) is 0.0208. The van der Waals surface area contributed by atoms with E-state index in [2.05, 4.69) is 192 Å². The number of unbranched alkanes of at least 4 members (excludes halogenated alkanes) is 2. The van der Waals surface area contributed by atoms with Crippen molar-refractivity contribution in [3.8, 4) is 57.1 Å². The van der Waals surface area contributed by atoms with Crippen LogP contribution in [0.1, 0.15) is 25.7 Å². The Morgan fingerprint density at radius 1 is 0.221 bits per heavy atom. The average Bonchev–Trinajstić information content (AvgIpc) is 0.812. The Kier molecular flexibility index (Phi) is 25.1. The summed E-state index contributed by atoms with van der Waals surface area (Å²) in [6.45, 7) is 18.0. The van der Waals surface area contributed by atoms with E-state index in [1.165, 1.54) is 18.8 Å². The molecule has 104 heavy (non-hydrogen) atoms. The number of allylic oxidation sites excluding steroid dienone is 1. The van der Waals surface area contributed by atoms with E-state index in [0.29, 0.717) is 80.7 Å². The molecule has 0 N–H and O–H groups in total. The predicted molar refractivity (Wildman–Crippen MR) is 423 cm³/mol. The maximum atomic E-state index is 6.73. The lowest BCUT2D eigenvalue weighted by Gasteiger charge is -2.27. The molecular formula is C91H84N4O9. The van der Waals surface area contributed by atoms with Gasteiger partial charge in [0, 0.05) is 105 Å². The maximum Gasteiger partial charge on any atom is 0.129 e.